The molecule has 4 nitrogen and oxygen atoms in total. The van der Waals surface area contributed by atoms with Crippen LogP contribution in [0, 0.1) is 0 Å². The second kappa shape index (κ2) is 7.32. The average molecular weight is 322 g/mol. The first-order valence-corrected chi connectivity index (χ1v) is 8.22. The van der Waals surface area contributed by atoms with Gasteiger partial charge >= 0.3 is 5.97 Å². The Kier molecular flexibility index (Phi) is 4.96. The number of aryl methyl sites for hydroxylation is 2. The molecule has 3 aromatic rings. The number of nitrogens with one attached hydrogen (secondary N) is 1. The van der Waals surface area contributed by atoms with Crippen LogP contribution in [0.15, 0.2) is 54.6 Å². The lowest BCUT2D eigenvalue weighted by atomic mass is 10.1. The molecule has 0 fully saturated rings. The minimum absolute atomic E-state index is 0.367. The topological polar surface area (TPSA) is 54.3 Å². The lowest BCUT2D eigenvalue weighted by Crippen LogP contribution is -2.18. The highest BCUT2D eigenvalue weighted by Gasteiger charge is 2.19. The summed E-state index contributed by atoms with van der Waals surface area (Å²) < 4.78 is 1.76. The van der Waals surface area contributed by atoms with E-state index >= 15 is 0 Å². The Bertz CT molecular complexity index is 837. The standard InChI is InChI=1S/C20H22N2O2/c1-22-18-12-6-5-11-16(18)17(19(22)20(23)24)14-21-13-7-10-15-8-3-2-4-9-15/h2-6,8-9,11-12,21H,7,10,13-14H2,1H3,(H,23,24). The van der Waals surface area contributed by atoms with Gasteiger partial charge in [0.05, 0.1) is 0 Å². The van der Waals surface area contributed by atoms with Gasteiger partial charge in [-0.2, -0.15) is 0 Å². The second-order valence-electron chi connectivity index (χ2n) is 5.97. The van der Waals surface area contributed by atoms with Gasteiger partial charge in [0, 0.05) is 30.1 Å². The van der Waals surface area contributed by atoms with Crippen LogP contribution in [-0.2, 0) is 20.0 Å². The van der Waals surface area contributed by atoms with Crippen molar-refractivity contribution in [2.24, 2.45) is 7.05 Å². The predicted octanol–water partition coefficient (Wildman–Crippen LogP) is 3.60. The number of aromatic carboxylic acids is 1. The van der Waals surface area contributed by atoms with E-state index in [4.69, 9.17) is 0 Å². The van der Waals surface area contributed by atoms with E-state index in [9.17, 15) is 9.90 Å². The maximum Gasteiger partial charge on any atom is 0.352 e. The molecule has 2 N–H and O–H groups in total. The molecule has 0 spiro atoms. The zero-order chi connectivity index (χ0) is 16.9. The van der Waals surface area contributed by atoms with Crippen molar-refractivity contribution in [1.29, 1.82) is 0 Å². The summed E-state index contributed by atoms with van der Waals surface area (Å²) in [6.07, 6.45) is 2.05. The number of benzene rings is 2. The van der Waals surface area contributed by atoms with Crippen LogP contribution in [0.3, 0.4) is 0 Å². The van der Waals surface area contributed by atoms with Crippen molar-refractivity contribution >= 4 is 16.9 Å². The molecule has 3 rings (SSSR count). The number of hydrogen-bond acceptors (Lipinski definition) is 2. The molecule has 0 aliphatic carbocycles. The van der Waals surface area contributed by atoms with Gasteiger partial charge in [-0.05, 0) is 31.0 Å². The highest BCUT2D eigenvalue weighted by Crippen LogP contribution is 2.25. The zero-order valence-electron chi connectivity index (χ0n) is 13.8. The summed E-state index contributed by atoms with van der Waals surface area (Å²) in [5.41, 5.74) is 3.51. The summed E-state index contributed by atoms with van der Waals surface area (Å²) >= 11 is 0. The van der Waals surface area contributed by atoms with E-state index in [0.717, 1.165) is 35.9 Å². The third-order valence-electron chi connectivity index (χ3n) is 4.38. The van der Waals surface area contributed by atoms with Gasteiger partial charge in [-0.1, -0.05) is 48.5 Å². The average Bonchev–Trinajstić information content (AvgIpc) is 2.88. The number of fused-ring (bicyclic) bond motifs is 1. The highest BCUT2D eigenvalue weighted by atomic mass is 16.4. The fraction of sp³-hybridized carbons (Fsp3) is 0.250. The van der Waals surface area contributed by atoms with Gasteiger partial charge in [0.2, 0.25) is 0 Å². The van der Waals surface area contributed by atoms with Gasteiger partial charge in [-0.15, -0.1) is 0 Å². The first-order chi connectivity index (χ1) is 11.7. The van der Waals surface area contributed by atoms with Gasteiger partial charge in [0.1, 0.15) is 5.69 Å². The lowest BCUT2D eigenvalue weighted by molar-refractivity contribution is 0.0685. The SMILES string of the molecule is Cn1c(C(=O)O)c(CNCCCc2ccccc2)c2ccccc21. The van der Waals surface area contributed by atoms with Crippen LogP contribution in [0.4, 0.5) is 0 Å². The Labute approximate surface area is 141 Å². The molecule has 0 unspecified atom stereocenters. The number of carbonyl (C=O) groups is 1. The summed E-state index contributed by atoms with van der Waals surface area (Å²) in [7, 11) is 1.81. The molecule has 0 atom stereocenters. The molecule has 1 aromatic heterocycles. The quantitative estimate of drug-likeness (QED) is 0.654. The van der Waals surface area contributed by atoms with E-state index in [1.54, 1.807) is 4.57 Å². The van der Waals surface area contributed by atoms with Crippen LogP contribution in [0.25, 0.3) is 10.9 Å². The molecule has 4 heteroatoms. The van der Waals surface area contributed by atoms with Crippen molar-refractivity contribution in [2.45, 2.75) is 19.4 Å². The predicted molar refractivity (Wildman–Crippen MR) is 96.3 cm³/mol. The van der Waals surface area contributed by atoms with Gasteiger partial charge in [0.25, 0.3) is 0 Å². The van der Waals surface area contributed by atoms with E-state index in [2.05, 4.69) is 29.6 Å². The molecule has 0 aliphatic rings. The molecule has 0 amide bonds. The molecule has 124 valence electrons. The number of hydrogen-bond donors (Lipinski definition) is 2. The molecule has 1 heterocycles. The second-order valence-corrected chi connectivity index (χ2v) is 5.97. The van der Waals surface area contributed by atoms with E-state index in [0.29, 0.717) is 12.2 Å². The van der Waals surface area contributed by atoms with Crippen LogP contribution < -0.4 is 5.32 Å². The normalized spacial score (nSPS) is 11.0. The number of aromatic nitrogens is 1. The molecule has 24 heavy (non-hydrogen) atoms. The van der Waals surface area contributed by atoms with Crippen molar-refractivity contribution in [2.75, 3.05) is 6.54 Å². The van der Waals surface area contributed by atoms with E-state index in [-0.39, 0.29) is 0 Å². The molecular formula is C20H22N2O2. The third-order valence-corrected chi connectivity index (χ3v) is 4.38. The number of nitrogens with zero attached hydrogens (tertiary/aromatic N) is 1. The maximum absolute atomic E-state index is 11.6. The lowest BCUT2D eigenvalue weighted by Gasteiger charge is -2.06. The Morgan fingerprint density at radius 3 is 2.54 bits per heavy atom. The smallest absolute Gasteiger partial charge is 0.352 e. The van der Waals surface area contributed by atoms with Crippen LogP contribution in [-0.4, -0.2) is 22.2 Å². The molecule has 2 aromatic carbocycles. The third kappa shape index (κ3) is 3.34. The monoisotopic (exact) mass is 322 g/mol. The van der Waals surface area contributed by atoms with Crippen LogP contribution >= 0.6 is 0 Å². The summed E-state index contributed by atoms with van der Waals surface area (Å²) in [6.45, 7) is 1.43. The van der Waals surface area contributed by atoms with Crippen molar-refractivity contribution in [1.82, 2.24) is 9.88 Å². The Morgan fingerprint density at radius 1 is 1.08 bits per heavy atom. The van der Waals surface area contributed by atoms with Crippen molar-refractivity contribution in [3.05, 3.63) is 71.4 Å². The number of rotatable bonds is 7. The fourth-order valence-electron chi connectivity index (χ4n) is 3.20. The fourth-order valence-corrected chi connectivity index (χ4v) is 3.20. The van der Waals surface area contributed by atoms with Crippen molar-refractivity contribution < 1.29 is 9.90 Å². The number of carboxylic acids is 1. The Morgan fingerprint density at radius 2 is 1.79 bits per heavy atom. The van der Waals surface area contributed by atoms with E-state index in [1.165, 1.54) is 5.56 Å². The summed E-state index contributed by atoms with van der Waals surface area (Å²) in [5.74, 6) is -0.880. The first-order valence-electron chi connectivity index (χ1n) is 8.22. The summed E-state index contributed by atoms with van der Waals surface area (Å²) in [5, 5.41) is 14.0. The number of para-hydroxylation sites is 1. The van der Waals surface area contributed by atoms with E-state index in [1.807, 2.05) is 37.4 Å². The Hall–Kier alpha value is -2.59. The Balaban J connectivity index is 1.66. The largest absolute Gasteiger partial charge is 0.477 e. The van der Waals surface area contributed by atoms with Crippen molar-refractivity contribution in [3.63, 3.8) is 0 Å². The van der Waals surface area contributed by atoms with Gasteiger partial charge in [-0.25, -0.2) is 4.79 Å². The minimum atomic E-state index is -0.880. The van der Waals surface area contributed by atoms with Gasteiger partial charge in [-0.3, -0.25) is 0 Å². The maximum atomic E-state index is 11.6. The minimum Gasteiger partial charge on any atom is -0.477 e. The van der Waals surface area contributed by atoms with E-state index < -0.39 is 5.97 Å². The van der Waals surface area contributed by atoms with Crippen LogP contribution in [0.2, 0.25) is 0 Å². The van der Waals surface area contributed by atoms with Crippen LogP contribution in [0.1, 0.15) is 28.0 Å². The molecular weight excluding hydrogens is 300 g/mol. The molecule has 0 aliphatic heterocycles. The zero-order valence-corrected chi connectivity index (χ0v) is 13.8. The van der Waals surface area contributed by atoms with Crippen LogP contribution in [0.5, 0.6) is 0 Å². The molecule has 0 saturated carbocycles. The highest BCUT2D eigenvalue weighted by molar-refractivity contribution is 5.98. The summed E-state index contributed by atoms with van der Waals surface area (Å²) in [6, 6.07) is 18.2. The summed E-state index contributed by atoms with van der Waals surface area (Å²) in [4.78, 5) is 11.6. The first kappa shape index (κ1) is 16.3. The molecule has 0 radical (unpaired) electrons. The molecule has 0 bridgehead atoms. The number of carboxylic acid groups (broad SMARTS) is 1. The van der Waals surface area contributed by atoms with Gasteiger partial charge < -0.3 is 15.0 Å². The molecule has 0 saturated heterocycles. The van der Waals surface area contributed by atoms with Gasteiger partial charge in [0.15, 0.2) is 0 Å². The van der Waals surface area contributed by atoms with Crippen molar-refractivity contribution in [3.8, 4) is 0 Å².